The lowest BCUT2D eigenvalue weighted by Crippen LogP contribution is -2.02. The number of aromatic nitrogens is 1. The zero-order valence-corrected chi connectivity index (χ0v) is 7.60. The summed E-state index contributed by atoms with van der Waals surface area (Å²) in [6, 6.07) is 10.1. The Morgan fingerprint density at radius 2 is 1.86 bits per heavy atom. The van der Waals surface area contributed by atoms with E-state index in [0.717, 1.165) is 17.9 Å². The van der Waals surface area contributed by atoms with Gasteiger partial charge < -0.3 is 4.74 Å². The van der Waals surface area contributed by atoms with E-state index < -0.39 is 0 Å². The number of ether oxygens (including phenoxy) is 1. The van der Waals surface area contributed by atoms with E-state index in [-0.39, 0.29) is 0 Å². The minimum absolute atomic E-state index is 0.881. The summed E-state index contributed by atoms with van der Waals surface area (Å²) in [7, 11) is 0. The van der Waals surface area contributed by atoms with Crippen LogP contribution in [0.5, 0.6) is 11.5 Å². The number of nitrogens with zero attached hydrogens (tertiary/aromatic N) is 1. The van der Waals surface area contributed by atoms with Gasteiger partial charge in [-0.05, 0) is 17.7 Å². The highest BCUT2D eigenvalue weighted by Gasteiger charge is 2.15. The summed E-state index contributed by atoms with van der Waals surface area (Å²) >= 11 is 0. The van der Waals surface area contributed by atoms with Crippen LogP contribution in [0.15, 0.2) is 42.7 Å². The number of benzene rings is 1. The Bertz CT molecular complexity index is 392. The highest BCUT2D eigenvalue weighted by Crippen LogP contribution is 2.35. The maximum atomic E-state index is 5.71. The lowest BCUT2D eigenvalue weighted by atomic mass is 10.0. The van der Waals surface area contributed by atoms with Crippen molar-refractivity contribution in [1.82, 2.24) is 4.98 Å². The van der Waals surface area contributed by atoms with E-state index in [9.17, 15) is 0 Å². The van der Waals surface area contributed by atoms with Crippen LogP contribution in [-0.2, 0) is 6.42 Å². The number of rotatable bonds is 0. The SMILES string of the molecule is c1ccc2c(c1)Cc1ccncc1O2. The van der Waals surface area contributed by atoms with Crippen molar-refractivity contribution in [2.75, 3.05) is 0 Å². The zero-order valence-electron chi connectivity index (χ0n) is 7.60. The van der Waals surface area contributed by atoms with Gasteiger partial charge in [-0.2, -0.15) is 0 Å². The van der Waals surface area contributed by atoms with Crippen LogP contribution in [0, 0.1) is 0 Å². The van der Waals surface area contributed by atoms with Crippen LogP contribution in [0.25, 0.3) is 0 Å². The minimum atomic E-state index is 0.881. The van der Waals surface area contributed by atoms with Crippen molar-refractivity contribution < 1.29 is 4.74 Å². The number of hydrogen-bond acceptors (Lipinski definition) is 2. The fourth-order valence-electron chi connectivity index (χ4n) is 1.72. The molecule has 1 aromatic carbocycles. The van der Waals surface area contributed by atoms with Gasteiger partial charge in [0.25, 0.3) is 0 Å². The molecular weight excluding hydrogens is 174 g/mol. The third-order valence-corrected chi connectivity index (χ3v) is 2.44. The molecule has 2 nitrogen and oxygen atoms in total. The molecule has 0 amide bonds. The number of hydrogen-bond donors (Lipinski definition) is 0. The van der Waals surface area contributed by atoms with Gasteiger partial charge in [0.1, 0.15) is 11.5 Å². The van der Waals surface area contributed by atoms with Crippen molar-refractivity contribution in [2.45, 2.75) is 6.42 Å². The van der Waals surface area contributed by atoms with E-state index in [1.807, 2.05) is 24.3 Å². The molecule has 0 fully saturated rings. The Hall–Kier alpha value is -1.83. The van der Waals surface area contributed by atoms with Crippen LogP contribution in [0.4, 0.5) is 0 Å². The average Bonchev–Trinajstić information content (AvgIpc) is 2.26. The Kier molecular flexibility index (Phi) is 1.53. The molecule has 0 aliphatic carbocycles. The van der Waals surface area contributed by atoms with E-state index >= 15 is 0 Å². The summed E-state index contributed by atoms with van der Waals surface area (Å²) in [4.78, 5) is 4.05. The normalized spacial score (nSPS) is 12.6. The fourth-order valence-corrected chi connectivity index (χ4v) is 1.72. The molecule has 0 radical (unpaired) electrons. The first-order valence-corrected chi connectivity index (χ1v) is 4.62. The van der Waals surface area contributed by atoms with Crippen LogP contribution in [-0.4, -0.2) is 4.98 Å². The van der Waals surface area contributed by atoms with Crippen LogP contribution in [0.3, 0.4) is 0 Å². The molecule has 0 atom stereocenters. The summed E-state index contributed by atoms with van der Waals surface area (Å²) in [5.74, 6) is 1.83. The number of fused-ring (bicyclic) bond motifs is 2. The van der Waals surface area contributed by atoms with Crippen LogP contribution in [0.2, 0.25) is 0 Å². The Labute approximate surface area is 82.2 Å². The Balaban J connectivity index is 2.12. The minimum Gasteiger partial charge on any atom is -0.455 e. The lowest BCUT2D eigenvalue weighted by Gasteiger charge is -2.18. The van der Waals surface area contributed by atoms with Gasteiger partial charge in [0.2, 0.25) is 0 Å². The molecule has 0 saturated carbocycles. The van der Waals surface area contributed by atoms with E-state index in [4.69, 9.17) is 4.74 Å². The first kappa shape index (κ1) is 7.56. The molecule has 0 saturated heterocycles. The second-order valence-corrected chi connectivity index (χ2v) is 3.37. The molecule has 14 heavy (non-hydrogen) atoms. The van der Waals surface area contributed by atoms with E-state index in [2.05, 4.69) is 11.1 Å². The largest absolute Gasteiger partial charge is 0.455 e. The van der Waals surface area contributed by atoms with Gasteiger partial charge in [0.15, 0.2) is 0 Å². The van der Waals surface area contributed by atoms with E-state index in [0.29, 0.717) is 0 Å². The van der Waals surface area contributed by atoms with Gasteiger partial charge in [0.05, 0.1) is 6.20 Å². The highest BCUT2D eigenvalue weighted by molar-refractivity contribution is 5.48. The summed E-state index contributed by atoms with van der Waals surface area (Å²) in [6.07, 6.45) is 4.51. The van der Waals surface area contributed by atoms with Gasteiger partial charge in [-0.3, -0.25) is 4.98 Å². The Morgan fingerprint density at radius 3 is 2.86 bits per heavy atom. The first-order valence-electron chi connectivity index (χ1n) is 4.62. The molecule has 2 aromatic rings. The Morgan fingerprint density at radius 1 is 1.00 bits per heavy atom. The lowest BCUT2D eigenvalue weighted by molar-refractivity contribution is 0.457. The standard InChI is InChI=1S/C12H9NO/c1-2-4-11-9(3-1)7-10-5-6-13-8-12(10)14-11/h1-6,8H,7H2. The van der Waals surface area contributed by atoms with Crippen molar-refractivity contribution in [2.24, 2.45) is 0 Å². The van der Waals surface area contributed by atoms with Crippen molar-refractivity contribution in [3.63, 3.8) is 0 Å². The van der Waals surface area contributed by atoms with Crippen molar-refractivity contribution in [3.8, 4) is 11.5 Å². The van der Waals surface area contributed by atoms with E-state index in [1.54, 1.807) is 12.4 Å². The molecule has 3 rings (SSSR count). The second-order valence-electron chi connectivity index (χ2n) is 3.37. The van der Waals surface area contributed by atoms with Gasteiger partial charge in [-0.1, -0.05) is 18.2 Å². The molecule has 0 spiro atoms. The monoisotopic (exact) mass is 183 g/mol. The average molecular weight is 183 g/mol. The predicted octanol–water partition coefficient (Wildman–Crippen LogP) is 2.78. The number of pyridine rings is 1. The molecule has 1 aliphatic rings. The molecule has 0 N–H and O–H groups in total. The fraction of sp³-hybridized carbons (Fsp3) is 0.0833. The van der Waals surface area contributed by atoms with Crippen molar-refractivity contribution in [1.29, 1.82) is 0 Å². The van der Waals surface area contributed by atoms with Crippen molar-refractivity contribution in [3.05, 3.63) is 53.9 Å². The zero-order chi connectivity index (χ0) is 9.38. The third kappa shape index (κ3) is 1.08. The maximum absolute atomic E-state index is 5.71. The topological polar surface area (TPSA) is 22.1 Å². The molecule has 1 aliphatic heterocycles. The molecule has 1 aromatic heterocycles. The van der Waals surface area contributed by atoms with Crippen molar-refractivity contribution >= 4 is 0 Å². The summed E-state index contributed by atoms with van der Waals surface area (Å²) in [5, 5.41) is 0. The number of para-hydroxylation sites is 1. The first-order chi connectivity index (χ1) is 6.93. The summed E-state index contributed by atoms with van der Waals surface area (Å²) < 4.78 is 5.71. The predicted molar refractivity (Wildman–Crippen MR) is 53.6 cm³/mol. The highest BCUT2D eigenvalue weighted by atomic mass is 16.5. The molecule has 0 unspecified atom stereocenters. The van der Waals surface area contributed by atoms with Crippen LogP contribution >= 0.6 is 0 Å². The third-order valence-electron chi connectivity index (χ3n) is 2.44. The molecule has 68 valence electrons. The van der Waals surface area contributed by atoms with Crippen LogP contribution in [0.1, 0.15) is 11.1 Å². The molecule has 0 bridgehead atoms. The smallest absolute Gasteiger partial charge is 0.149 e. The van der Waals surface area contributed by atoms with E-state index in [1.165, 1.54) is 11.1 Å². The van der Waals surface area contributed by atoms with Gasteiger partial charge in [-0.25, -0.2) is 0 Å². The summed E-state index contributed by atoms with van der Waals surface area (Å²) in [5.41, 5.74) is 2.45. The second kappa shape index (κ2) is 2.84. The maximum Gasteiger partial charge on any atom is 0.149 e. The van der Waals surface area contributed by atoms with Gasteiger partial charge >= 0.3 is 0 Å². The van der Waals surface area contributed by atoms with Gasteiger partial charge in [-0.15, -0.1) is 0 Å². The van der Waals surface area contributed by atoms with Gasteiger partial charge in [0, 0.05) is 18.2 Å². The molecule has 2 heterocycles. The molecular formula is C12H9NO. The quantitative estimate of drug-likeness (QED) is 0.534. The van der Waals surface area contributed by atoms with Crippen LogP contribution < -0.4 is 4.74 Å². The molecule has 2 heteroatoms. The summed E-state index contributed by atoms with van der Waals surface area (Å²) in [6.45, 7) is 0.